The van der Waals surface area contributed by atoms with Gasteiger partial charge in [0.1, 0.15) is 5.82 Å². The standard InChI is InChI=1S/C20H21FN2O2/c21-15-9-6-10-16(13-15)22-20(25)17-11-4-5-12-18(17)23-19(24)14-7-2-1-3-8-14/h4-6,9-14H,1-3,7-8H2,(H,22,25)(H,23,24). The summed E-state index contributed by atoms with van der Waals surface area (Å²) in [5.41, 5.74) is 1.21. The van der Waals surface area contributed by atoms with Crippen molar-refractivity contribution in [1.82, 2.24) is 0 Å². The van der Waals surface area contributed by atoms with Crippen LogP contribution in [0, 0.1) is 11.7 Å². The second kappa shape index (κ2) is 7.92. The van der Waals surface area contributed by atoms with E-state index in [0.717, 1.165) is 25.7 Å². The van der Waals surface area contributed by atoms with Crippen LogP contribution in [0.15, 0.2) is 48.5 Å². The third-order valence-electron chi connectivity index (χ3n) is 4.49. The molecule has 5 heteroatoms. The van der Waals surface area contributed by atoms with E-state index in [9.17, 15) is 14.0 Å². The van der Waals surface area contributed by atoms with Crippen molar-refractivity contribution in [3.63, 3.8) is 0 Å². The van der Waals surface area contributed by atoms with Crippen LogP contribution in [0.4, 0.5) is 15.8 Å². The summed E-state index contributed by atoms with van der Waals surface area (Å²) < 4.78 is 13.3. The molecule has 0 aromatic heterocycles. The summed E-state index contributed by atoms with van der Waals surface area (Å²) >= 11 is 0. The highest BCUT2D eigenvalue weighted by atomic mass is 19.1. The second-order valence-electron chi connectivity index (χ2n) is 6.33. The van der Waals surface area contributed by atoms with Gasteiger partial charge in [-0.25, -0.2) is 4.39 Å². The van der Waals surface area contributed by atoms with Gasteiger partial charge in [0.2, 0.25) is 5.91 Å². The number of rotatable bonds is 4. The Bertz CT molecular complexity index is 770. The summed E-state index contributed by atoms with van der Waals surface area (Å²) in [5.74, 6) is -0.833. The normalized spacial score (nSPS) is 14.8. The number of anilines is 2. The number of carbonyl (C=O) groups excluding carboxylic acids is 2. The van der Waals surface area contributed by atoms with Gasteiger partial charge in [-0.15, -0.1) is 0 Å². The van der Waals surface area contributed by atoms with Crippen molar-refractivity contribution in [3.05, 3.63) is 59.9 Å². The molecule has 2 N–H and O–H groups in total. The average Bonchev–Trinajstić information content (AvgIpc) is 2.63. The molecule has 2 aromatic rings. The molecule has 1 saturated carbocycles. The van der Waals surface area contributed by atoms with Gasteiger partial charge < -0.3 is 10.6 Å². The van der Waals surface area contributed by atoms with Crippen molar-refractivity contribution in [1.29, 1.82) is 0 Å². The minimum absolute atomic E-state index is 0.00749. The third-order valence-corrected chi connectivity index (χ3v) is 4.49. The van der Waals surface area contributed by atoms with Crippen LogP contribution < -0.4 is 10.6 Å². The largest absolute Gasteiger partial charge is 0.325 e. The molecule has 4 nitrogen and oxygen atoms in total. The predicted molar refractivity (Wildman–Crippen MR) is 96.0 cm³/mol. The lowest BCUT2D eigenvalue weighted by molar-refractivity contribution is -0.120. The van der Waals surface area contributed by atoms with Gasteiger partial charge in [0.05, 0.1) is 11.3 Å². The van der Waals surface area contributed by atoms with Gasteiger partial charge in [0.15, 0.2) is 0 Å². The number of halogens is 1. The van der Waals surface area contributed by atoms with Gasteiger partial charge in [-0.2, -0.15) is 0 Å². The first-order valence-electron chi connectivity index (χ1n) is 8.60. The maximum Gasteiger partial charge on any atom is 0.257 e. The molecule has 25 heavy (non-hydrogen) atoms. The molecule has 0 heterocycles. The summed E-state index contributed by atoms with van der Waals surface area (Å²) in [6.45, 7) is 0. The molecule has 1 fully saturated rings. The molecule has 0 bridgehead atoms. The van der Waals surface area contributed by atoms with Gasteiger partial charge in [0.25, 0.3) is 5.91 Å². The van der Waals surface area contributed by atoms with Crippen LogP contribution in [0.5, 0.6) is 0 Å². The summed E-state index contributed by atoms with van der Waals surface area (Å²) in [7, 11) is 0. The molecule has 130 valence electrons. The number of carbonyl (C=O) groups is 2. The highest BCUT2D eigenvalue weighted by molar-refractivity contribution is 6.10. The van der Waals surface area contributed by atoms with Gasteiger partial charge in [0, 0.05) is 11.6 Å². The van der Waals surface area contributed by atoms with Crippen LogP contribution in [0.25, 0.3) is 0 Å². The molecular formula is C20H21FN2O2. The van der Waals surface area contributed by atoms with E-state index in [1.54, 1.807) is 30.3 Å². The van der Waals surface area contributed by atoms with Gasteiger partial charge >= 0.3 is 0 Å². The smallest absolute Gasteiger partial charge is 0.257 e. The Labute approximate surface area is 146 Å². The van der Waals surface area contributed by atoms with Crippen LogP contribution in [-0.2, 0) is 4.79 Å². The van der Waals surface area contributed by atoms with E-state index in [4.69, 9.17) is 0 Å². The minimum atomic E-state index is -0.420. The SMILES string of the molecule is O=C(Nc1cccc(F)c1)c1ccccc1NC(=O)C1CCCCC1. The number of para-hydroxylation sites is 1. The lowest BCUT2D eigenvalue weighted by Gasteiger charge is -2.21. The van der Waals surface area contributed by atoms with Crippen molar-refractivity contribution in [2.75, 3.05) is 10.6 Å². The monoisotopic (exact) mass is 340 g/mol. The lowest BCUT2D eigenvalue weighted by atomic mass is 9.88. The fraction of sp³-hybridized carbons (Fsp3) is 0.300. The Morgan fingerprint density at radius 3 is 2.44 bits per heavy atom. The highest BCUT2D eigenvalue weighted by Crippen LogP contribution is 2.26. The first-order valence-corrected chi connectivity index (χ1v) is 8.60. The fourth-order valence-corrected chi connectivity index (χ4v) is 3.15. The van der Waals surface area contributed by atoms with Gasteiger partial charge in [-0.3, -0.25) is 9.59 Å². The lowest BCUT2D eigenvalue weighted by Crippen LogP contribution is -2.26. The average molecular weight is 340 g/mol. The van der Waals surface area contributed by atoms with Crippen LogP contribution in [-0.4, -0.2) is 11.8 Å². The van der Waals surface area contributed by atoms with E-state index in [-0.39, 0.29) is 17.7 Å². The molecule has 0 saturated heterocycles. The summed E-state index contributed by atoms with van der Waals surface area (Å²) in [5, 5.41) is 5.55. The highest BCUT2D eigenvalue weighted by Gasteiger charge is 2.22. The number of benzene rings is 2. The fourth-order valence-electron chi connectivity index (χ4n) is 3.15. The Hall–Kier alpha value is -2.69. The molecule has 2 amide bonds. The molecule has 0 radical (unpaired) electrons. The maximum absolute atomic E-state index is 13.3. The summed E-state index contributed by atoms with van der Waals surface area (Å²) in [6, 6.07) is 12.6. The van der Waals surface area contributed by atoms with Crippen LogP contribution in [0.3, 0.4) is 0 Å². The molecule has 1 aliphatic carbocycles. The summed E-state index contributed by atoms with van der Waals surface area (Å²) in [4.78, 5) is 25.0. The van der Waals surface area contributed by atoms with Crippen LogP contribution in [0.1, 0.15) is 42.5 Å². The van der Waals surface area contributed by atoms with Crippen molar-refractivity contribution in [3.8, 4) is 0 Å². The van der Waals surface area contributed by atoms with E-state index >= 15 is 0 Å². The molecule has 2 aromatic carbocycles. The number of nitrogens with one attached hydrogen (secondary N) is 2. The molecule has 1 aliphatic rings. The third kappa shape index (κ3) is 4.44. The Balaban J connectivity index is 1.73. The Morgan fingerprint density at radius 1 is 0.920 bits per heavy atom. The van der Waals surface area contributed by atoms with E-state index in [1.165, 1.54) is 24.6 Å². The number of amides is 2. The Kier molecular flexibility index (Phi) is 5.43. The zero-order valence-electron chi connectivity index (χ0n) is 13.9. The quantitative estimate of drug-likeness (QED) is 0.855. The van der Waals surface area contributed by atoms with E-state index in [2.05, 4.69) is 10.6 Å². The molecule has 0 unspecified atom stereocenters. The maximum atomic E-state index is 13.3. The van der Waals surface area contributed by atoms with Crippen LogP contribution >= 0.6 is 0 Å². The van der Waals surface area contributed by atoms with Gasteiger partial charge in [-0.05, 0) is 43.2 Å². The topological polar surface area (TPSA) is 58.2 Å². The second-order valence-corrected chi connectivity index (χ2v) is 6.33. The summed E-state index contributed by atoms with van der Waals surface area (Å²) in [6.07, 6.45) is 5.10. The molecular weight excluding hydrogens is 319 g/mol. The van der Waals surface area contributed by atoms with E-state index in [1.807, 2.05) is 0 Å². The van der Waals surface area contributed by atoms with Crippen LogP contribution in [0.2, 0.25) is 0 Å². The molecule has 0 atom stereocenters. The number of hydrogen-bond donors (Lipinski definition) is 2. The van der Waals surface area contributed by atoms with Crippen molar-refractivity contribution in [2.24, 2.45) is 5.92 Å². The van der Waals surface area contributed by atoms with E-state index < -0.39 is 5.82 Å². The predicted octanol–water partition coefficient (Wildman–Crippen LogP) is 4.60. The molecule has 0 aliphatic heterocycles. The molecule has 3 rings (SSSR count). The first-order chi connectivity index (χ1) is 12.1. The van der Waals surface area contributed by atoms with Gasteiger partial charge in [-0.1, -0.05) is 37.5 Å². The zero-order chi connectivity index (χ0) is 17.6. The van der Waals surface area contributed by atoms with Crippen molar-refractivity contribution >= 4 is 23.2 Å². The van der Waals surface area contributed by atoms with E-state index in [0.29, 0.717) is 16.9 Å². The van der Waals surface area contributed by atoms with Crippen molar-refractivity contribution in [2.45, 2.75) is 32.1 Å². The number of hydrogen-bond acceptors (Lipinski definition) is 2. The minimum Gasteiger partial charge on any atom is -0.325 e. The zero-order valence-corrected chi connectivity index (χ0v) is 13.9. The molecule has 0 spiro atoms. The van der Waals surface area contributed by atoms with Crippen molar-refractivity contribution < 1.29 is 14.0 Å². The Morgan fingerprint density at radius 2 is 1.68 bits per heavy atom. The first kappa shape index (κ1) is 17.1.